The van der Waals surface area contributed by atoms with E-state index in [1.54, 1.807) is 0 Å². The van der Waals surface area contributed by atoms with E-state index in [1.165, 1.54) is 22.5 Å². The van der Waals surface area contributed by atoms with Gasteiger partial charge in [0.25, 0.3) is 0 Å². The van der Waals surface area contributed by atoms with Crippen molar-refractivity contribution in [1.29, 1.82) is 0 Å². The summed E-state index contributed by atoms with van der Waals surface area (Å²) in [4.78, 5) is 25.7. The van der Waals surface area contributed by atoms with Gasteiger partial charge in [0, 0.05) is 30.2 Å². The van der Waals surface area contributed by atoms with Crippen LogP contribution in [0.25, 0.3) is 10.9 Å². The summed E-state index contributed by atoms with van der Waals surface area (Å²) in [5, 5.41) is 10.9. The molecule has 1 saturated heterocycles. The van der Waals surface area contributed by atoms with E-state index >= 15 is 0 Å². The molecule has 22 heavy (non-hydrogen) atoms. The smallest absolute Gasteiger partial charge is 0.243 e. The monoisotopic (exact) mass is 321 g/mol. The van der Waals surface area contributed by atoms with Crippen molar-refractivity contribution in [2.75, 3.05) is 13.1 Å². The quantitative estimate of drug-likeness (QED) is 0.832. The molecule has 0 amide bonds. The minimum Gasteiger partial charge on any atom is -0.545 e. The topological polar surface area (TPSA) is 110 Å². The standard InChI is InChI=1S/C14H14N2O5S/c17-13-10-7-9(22(20,21)16-5-1-2-6-16)3-4-12(10)15-8-11(13)14(18)19/h3-4,7-8H,1-2,5-6H2,(H,15,17)(H,18,19)/p-1. The van der Waals surface area contributed by atoms with Gasteiger partial charge in [-0.05, 0) is 31.0 Å². The molecule has 1 aromatic carbocycles. The third kappa shape index (κ3) is 2.30. The normalized spacial score (nSPS) is 16.2. The molecule has 1 aliphatic rings. The molecule has 1 N–H and O–H groups in total. The van der Waals surface area contributed by atoms with Gasteiger partial charge in [0.1, 0.15) is 0 Å². The number of sulfonamides is 1. The first-order valence-corrected chi connectivity index (χ1v) is 8.22. The Morgan fingerprint density at radius 3 is 2.55 bits per heavy atom. The van der Waals surface area contributed by atoms with E-state index in [9.17, 15) is 23.1 Å². The minimum absolute atomic E-state index is 0.0112. The molecule has 1 aliphatic heterocycles. The lowest BCUT2D eigenvalue weighted by Gasteiger charge is -2.15. The Hall–Kier alpha value is -2.19. The number of carbonyl (C=O) groups is 1. The summed E-state index contributed by atoms with van der Waals surface area (Å²) >= 11 is 0. The van der Waals surface area contributed by atoms with Crippen molar-refractivity contribution < 1.29 is 18.3 Å². The molecule has 0 aliphatic carbocycles. The Bertz CT molecular complexity index is 910. The third-order valence-electron chi connectivity index (χ3n) is 3.78. The van der Waals surface area contributed by atoms with Gasteiger partial charge in [-0.3, -0.25) is 4.79 Å². The van der Waals surface area contributed by atoms with Gasteiger partial charge in [-0.25, -0.2) is 8.42 Å². The van der Waals surface area contributed by atoms with Crippen LogP contribution in [0.15, 0.2) is 34.1 Å². The van der Waals surface area contributed by atoms with Gasteiger partial charge in [-0.15, -0.1) is 0 Å². The van der Waals surface area contributed by atoms with Crippen LogP contribution < -0.4 is 10.5 Å². The first-order chi connectivity index (χ1) is 10.4. The predicted molar refractivity (Wildman–Crippen MR) is 76.9 cm³/mol. The van der Waals surface area contributed by atoms with Gasteiger partial charge in [0.15, 0.2) is 5.43 Å². The van der Waals surface area contributed by atoms with Crippen molar-refractivity contribution in [2.24, 2.45) is 0 Å². The van der Waals surface area contributed by atoms with Crippen molar-refractivity contribution in [2.45, 2.75) is 17.7 Å². The van der Waals surface area contributed by atoms with Crippen molar-refractivity contribution in [3.63, 3.8) is 0 Å². The maximum absolute atomic E-state index is 12.5. The van der Waals surface area contributed by atoms with Crippen LogP contribution in [0.1, 0.15) is 23.2 Å². The highest BCUT2D eigenvalue weighted by atomic mass is 32.2. The summed E-state index contributed by atoms with van der Waals surface area (Å²) in [5.74, 6) is -1.60. The van der Waals surface area contributed by atoms with Gasteiger partial charge < -0.3 is 14.9 Å². The number of hydrogen-bond donors (Lipinski definition) is 1. The second kappa shape index (κ2) is 5.22. The van der Waals surface area contributed by atoms with Gasteiger partial charge in [0.2, 0.25) is 10.0 Å². The minimum atomic E-state index is -3.66. The highest BCUT2D eigenvalue weighted by Crippen LogP contribution is 2.22. The first kappa shape index (κ1) is 14.7. The van der Waals surface area contributed by atoms with Crippen LogP contribution in [0.2, 0.25) is 0 Å². The van der Waals surface area contributed by atoms with Crippen LogP contribution in [0, 0.1) is 0 Å². The molecule has 1 aromatic heterocycles. The molecule has 0 saturated carbocycles. The Morgan fingerprint density at radius 2 is 1.91 bits per heavy atom. The Labute approximate surface area is 126 Å². The number of aromatic nitrogens is 1. The van der Waals surface area contributed by atoms with Crippen molar-refractivity contribution >= 4 is 26.9 Å². The average molecular weight is 321 g/mol. The second-order valence-corrected chi connectivity index (χ2v) is 7.08. The van der Waals surface area contributed by atoms with Crippen LogP contribution in [-0.2, 0) is 10.0 Å². The number of carbonyl (C=O) groups excluding carboxylic acids is 1. The lowest BCUT2D eigenvalue weighted by molar-refractivity contribution is -0.255. The Kier molecular flexibility index (Phi) is 3.50. The fourth-order valence-electron chi connectivity index (χ4n) is 2.59. The number of nitrogens with one attached hydrogen (secondary N) is 1. The molecule has 0 atom stereocenters. The highest BCUT2D eigenvalue weighted by molar-refractivity contribution is 7.89. The van der Waals surface area contributed by atoms with E-state index < -0.39 is 27.0 Å². The summed E-state index contributed by atoms with van der Waals surface area (Å²) in [5.41, 5.74) is -0.911. The molecular weight excluding hydrogens is 308 g/mol. The number of nitrogens with zero attached hydrogens (tertiary/aromatic N) is 1. The SMILES string of the molecule is O=C([O-])c1c[nH]c2ccc(S(=O)(=O)N3CCCC3)cc2c1=O. The number of carboxylic acid groups (broad SMARTS) is 1. The molecule has 0 radical (unpaired) electrons. The average Bonchev–Trinajstić information content (AvgIpc) is 3.02. The predicted octanol–water partition coefficient (Wildman–Crippen LogP) is -0.324. The summed E-state index contributed by atoms with van der Waals surface area (Å²) in [6.07, 6.45) is 2.67. The summed E-state index contributed by atoms with van der Waals surface area (Å²) in [7, 11) is -3.66. The zero-order valence-electron chi connectivity index (χ0n) is 11.5. The van der Waals surface area contributed by atoms with Crippen molar-refractivity contribution in [1.82, 2.24) is 9.29 Å². The summed E-state index contributed by atoms with van der Waals surface area (Å²) in [6.45, 7) is 0.908. The second-order valence-electron chi connectivity index (χ2n) is 5.14. The molecule has 2 heterocycles. The molecule has 8 heteroatoms. The number of H-pyrrole nitrogens is 1. The maximum Gasteiger partial charge on any atom is 0.243 e. The number of hydrogen-bond acceptors (Lipinski definition) is 5. The van der Waals surface area contributed by atoms with Gasteiger partial charge in [-0.2, -0.15) is 4.31 Å². The van der Waals surface area contributed by atoms with E-state index in [1.807, 2.05) is 0 Å². The molecule has 3 rings (SSSR count). The zero-order valence-corrected chi connectivity index (χ0v) is 12.4. The van der Waals surface area contributed by atoms with Gasteiger partial charge in [0.05, 0.1) is 16.4 Å². The number of benzene rings is 1. The maximum atomic E-state index is 12.5. The van der Waals surface area contributed by atoms with Crippen LogP contribution in [0.3, 0.4) is 0 Å². The first-order valence-electron chi connectivity index (χ1n) is 6.78. The van der Waals surface area contributed by atoms with Crippen LogP contribution in [0.4, 0.5) is 0 Å². The fraction of sp³-hybridized carbons (Fsp3) is 0.286. The van der Waals surface area contributed by atoms with E-state index in [-0.39, 0.29) is 10.3 Å². The number of aromatic carboxylic acids is 1. The van der Waals surface area contributed by atoms with Gasteiger partial charge in [-0.1, -0.05) is 0 Å². The number of carboxylic acids is 1. The van der Waals surface area contributed by atoms with E-state index in [4.69, 9.17) is 0 Å². The molecule has 1 fully saturated rings. The van der Waals surface area contributed by atoms with E-state index in [0.717, 1.165) is 19.0 Å². The van der Waals surface area contributed by atoms with Crippen LogP contribution >= 0.6 is 0 Å². The van der Waals surface area contributed by atoms with E-state index in [2.05, 4.69) is 4.98 Å². The van der Waals surface area contributed by atoms with Crippen molar-refractivity contribution in [3.8, 4) is 0 Å². The molecule has 2 aromatic rings. The summed E-state index contributed by atoms with van der Waals surface area (Å²) < 4.78 is 26.4. The lowest BCUT2D eigenvalue weighted by atomic mass is 10.1. The largest absolute Gasteiger partial charge is 0.545 e. The number of fused-ring (bicyclic) bond motifs is 1. The fourth-order valence-corrected chi connectivity index (χ4v) is 4.13. The molecule has 116 valence electrons. The number of pyridine rings is 1. The van der Waals surface area contributed by atoms with Gasteiger partial charge >= 0.3 is 0 Å². The zero-order chi connectivity index (χ0) is 15.9. The molecule has 0 unspecified atom stereocenters. The lowest BCUT2D eigenvalue weighted by Crippen LogP contribution is -2.29. The molecular formula is C14H13N2O5S-. The highest BCUT2D eigenvalue weighted by Gasteiger charge is 2.27. The molecule has 0 spiro atoms. The third-order valence-corrected chi connectivity index (χ3v) is 5.67. The van der Waals surface area contributed by atoms with Crippen LogP contribution in [-0.4, -0.2) is 36.8 Å². The Balaban J connectivity index is 2.19. The van der Waals surface area contributed by atoms with Crippen LogP contribution in [0.5, 0.6) is 0 Å². The molecule has 7 nitrogen and oxygen atoms in total. The van der Waals surface area contributed by atoms with Crippen molar-refractivity contribution in [3.05, 3.63) is 40.2 Å². The Morgan fingerprint density at radius 1 is 1.23 bits per heavy atom. The number of rotatable bonds is 3. The molecule has 0 bridgehead atoms. The number of aromatic amines is 1. The summed E-state index contributed by atoms with van der Waals surface area (Å²) in [6, 6.07) is 4.08. The van der Waals surface area contributed by atoms with E-state index in [0.29, 0.717) is 18.6 Å².